The minimum absolute atomic E-state index is 0.207. The number of ether oxygens (including phenoxy) is 1. The van der Waals surface area contributed by atoms with Crippen LogP contribution in [0.15, 0.2) is 0 Å². The average Bonchev–Trinajstić information content (AvgIpc) is 3.01. The van der Waals surface area contributed by atoms with Crippen LogP contribution in [-0.2, 0) is 17.7 Å². The van der Waals surface area contributed by atoms with Gasteiger partial charge >= 0.3 is 0 Å². The summed E-state index contributed by atoms with van der Waals surface area (Å²) in [6.07, 6.45) is 2.79. The molecule has 0 unspecified atom stereocenters. The molecule has 0 aromatic carbocycles. The average molecular weight is 377 g/mol. The number of amides is 2. The van der Waals surface area contributed by atoms with Crippen molar-refractivity contribution in [2.45, 2.75) is 52.1 Å². The Balaban J connectivity index is 1.68. The molecule has 2 amide bonds. The minimum atomic E-state index is -0.344. The smallest absolute Gasteiger partial charge is 0.287 e. The van der Waals surface area contributed by atoms with Crippen molar-refractivity contribution >= 4 is 11.8 Å². The minimum Gasteiger partial charge on any atom is -0.379 e. The van der Waals surface area contributed by atoms with E-state index < -0.39 is 0 Å². The van der Waals surface area contributed by atoms with Crippen LogP contribution in [0, 0.1) is 0 Å². The van der Waals surface area contributed by atoms with E-state index >= 15 is 0 Å². The highest BCUT2D eigenvalue weighted by molar-refractivity contribution is 5.97. The Morgan fingerprint density at radius 3 is 2.56 bits per heavy atom. The lowest BCUT2D eigenvalue weighted by Crippen LogP contribution is -2.41. The van der Waals surface area contributed by atoms with E-state index in [1.807, 2.05) is 25.3 Å². The van der Waals surface area contributed by atoms with Crippen LogP contribution in [0.25, 0.3) is 0 Å². The Kier molecular flexibility index (Phi) is 6.16. The molecule has 0 saturated carbocycles. The fourth-order valence-electron chi connectivity index (χ4n) is 3.53. The number of morpholine rings is 1. The summed E-state index contributed by atoms with van der Waals surface area (Å²) in [5, 5.41) is 5.92. The van der Waals surface area contributed by atoms with E-state index in [9.17, 15) is 9.59 Å². The van der Waals surface area contributed by atoms with E-state index in [2.05, 4.69) is 20.5 Å². The Labute approximate surface area is 160 Å². The van der Waals surface area contributed by atoms with Crippen molar-refractivity contribution in [3.8, 4) is 0 Å². The van der Waals surface area contributed by atoms with Crippen LogP contribution >= 0.6 is 0 Å². The Morgan fingerprint density at radius 2 is 1.85 bits per heavy atom. The zero-order chi connectivity index (χ0) is 19.4. The van der Waals surface area contributed by atoms with Crippen LogP contribution in [0.2, 0.25) is 0 Å². The SMILES string of the molecule is CC(C)(C)NC(=O)c1nc(C(=O)NCCN2CCOCC2)n2c1CCCC2. The zero-order valence-electron chi connectivity index (χ0n) is 16.6. The molecule has 1 saturated heterocycles. The summed E-state index contributed by atoms with van der Waals surface area (Å²) in [5.41, 5.74) is 0.923. The summed E-state index contributed by atoms with van der Waals surface area (Å²) < 4.78 is 7.26. The third-order valence-electron chi connectivity index (χ3n) is 4.84. The van der Waals surface area contributed by atoms with Gasteiger partial charge in [0.05, 0.1) is 18.9 Å². The second-order valence-corrected chi connectivity index (χ2v) is 8.25. The van der Waals surface area contributed by atoms with Crippen molar-refractivity contribution in [1.82, 2.24) is 25.1 Å². The van der Waals surface area contributed by atoms with Crippen LogP contribution in [-0.4, -0.2) is 71.2 Å². The van der Waals surface area contributed by atoms with E-state index in [0.717, 1.165) is 64.3 Å². The van der Waals surface area contributed by atoms with Gasteiger partial charge in [0, 0.05) is 38.3 Å². The van der Waals surface area contributed by atoms with Gasteiger partial charge in [-0.3, -0.25) is 14.5 Å². The van der Waals surface area contributed by atoms with E-state index in [0.29, 0.717) is 18.1 Å². The quantitative estimate of drug-likeness (QED) is 0.793. The summed E-state index contributed by atoms with van der Waals surface area (Å²) >= 11 is 0. The van der Waals surface area contributed by atoms with Gasteiger partial charge in [0.1, 0.15) is 5.69 Å². The molecule has 1 fully saturated rings. The molecule has 1 aromatic heterocycles. The van der Waals surface area contributed by atoms with E-state index in [4.69, 9.17) is 4.74 Å². The second kappa shape index (κ2) is 8.39. The highest BCUT2D eigenvalue weighted by Crippen LogP contribution is 2.21. The molecule has 1 aromatic rings. The number of hydrogen-bond donors (Lipinski definition) is 2. The van der Waals surface area contributed by atoms with Crippen molar-refractivity contribution in [2.75, 3.05) is 39.4 Å². The van der Waals surface area contributed by atoms with Crippen LogP contribution in [0.1, 0.15) is 60.4 Å². The summed E-state index contributed by atoms with van der Waals surface area (Å²) in [4.78, 5) is 32.1. The second-order valence-electron chi connectivity index (χ2n) is 8.25. The highest BCUT2D eigenvalue weighted by Gasteiger charge is 2.28. The van der Waals surface area contributed by atoms with Gasteiger partial charge in [0.15, 0.2) is 5.82 Å². The molecule has 3 heterocycles. The molecule has 3 rings (SSSR count). The monoisotopic (exact) mass is 377 g/mol. The molecular weight excluding hydrogens is 346 g/mol. The summed E-state index contributed by atoms with van der Waals surface area (Å²) in [5.74, 6) is -0.0625. The summed E-state index contributed by atoms with van der Waals surface area (Å²) in [7, 11) is 0. The molecule has 150 valence electrons. The van der Waals surface area contributed by atoms with Crippen LogP contribution in [0.3, 0.4) is 0 Å². The molecule has 0 radical (unpaired) electrons. The van der Waals surface area contributed by atoms with Gasteiger partial charge in [-0.15, -0.1) is 0 Å². The number of nitrogens with one attached hydrogen (secondary N) is 2. The molecule has 2 aliphatic rings. The van der Waals surface area contributed by atoms with Gasteiger partial charge < -0.3 is 19.9 Å². The fraction of sp³-hybridized carbons (Fsp3) is 0.737. The van der Waals surface area contributed by atoms with Crippen LogP contribution in [0.4, 0.5) is 0 Å². The standard InChI is InChI=1S/C19H31N5O3/c1-19(2,3)22-17(25)15-14-6-4-5-8-24(14)16(21-15)18(26)20-7-9-23-10-12-27-13-11-23/h4-13H2,1-3H3,(H,20,26)(H,22,25). The molecule has 2 N–H and O–H groups in total. The Bertz CT molecular complexity index is 686. The molecular formula is C19H31N5O3. The maximum Gasteiger partial charge on any atom is 0.287 e. The van der Waals surface area contributed by atoms with Crippen molar-refractivity contribution in [3.63, 3.8) is 0 Å². The molecule has 0 aliphatic carbocycles. The van der Waals surface area contributed by atoms with Crippen molar-refractivity contribution in [3.05, 3.63) is 17.2 Å². The number of rotatable bonds is 5. The number of carbonyl (C=O) groups excluding carboxylic acids is 2. The van der Waals surface area contributed by atoms with Crippen molar-refractivity contribution in [2.24, 2.45) is 0 Å². The lowest BCUT2D eigenvalue weighted by molar-refractivity contribution is 0.0383. The van der Waals surface area contributed by atoms with Crippen molar-refractivity contribution in [1.29, 1.82) is 0 Å². The zero-order valence-corrected chi connectivity index (χ0v) is 16.6. The first-order chi connectivity index (χ1) is 12.8. The maximum atomic E-state index is 12.7. The largest absolute Gasteiger partial charge is 0.379 e. The predicted molar refractivity (Wildman–Crippen MR) is 102 cm³/mol. The normalized spacial score (nSPS) is 18.0. The topological polar surface area (TPSA) is 88.5 Å². The van der Waals surface area contributed by atoms with Gasteiger partial charge in [-0.1, -0.05) is 0 Å². The van der Waals surface area contributed by atoms with E-state index in [-0.39, 0.29) is 17.4 Å². The molecule has 27 heavy (non-hydrogen) atoms. The first-order valence-corrected chi connectivity index (χ1v) is 9.85. The molecule has 2 aliphatic heterocycles. The first kappa shape index (κ1) is 19.8. The van der Waals surface area contributed by atoms with Crippen LogP contribution in [0.5, 0.6) is 0 Å². The first-order valence-electron chi connectivity index (χ1n) is 9.85. The molecule has 8 heteroatoms. The van der Waals surface area contributed by atoms with Gasteiger partial charge in [0.25, 0.3) is 11.8 Å². The highest BCUT2D eigenvalue weighted by atomic mass is 16.5. The number of fused-ring (bicyclic) bond motifs is 1. The molecule has 0 atom stereocenters. The summed E-state index contributed by atoms with van der Waals surface area (Å²) in [6, 6.07) is 0. The van der Waals surface area contributed by atoms with Gasteiger partial charge in [-0.2, -0.15) is 0 Å². The summed E-state index contributed by atoms with van der Waals surface area (Å²) in [6.45, 7) is 11.2. The van der Waals surface area contributed by atoms with Gasteiger partial charge in [-0.25, -0.2) is 4.98 Å². The molecule has 0 spiro atoms. The van der Waals surface area contributed by atoms with Crippen LogP contribution < -0.4 is 10.6 Å². The number of hydrogen-bond acceptors (Lipinski definition) is 5. The number of aromatic nitrogens is 2. The number of imidazole rings is 1. The fourth-order valence-corrected chi connectivity index (χ4v) is 3.53. The Morgan fingerprint density at radius 1 is 1.11 bits per heavy atom. The maximum absolute atomic E-state index is 12.7. The third kappa shape index (κ3) is 5.07. The van der Waals surface area contributed by atoms with Gasteiger partial charge in [-0.05, 0) is 40.0 Å². The molecule has 0 bridgehead atoms. The number of carbonyl (C=O) groups is 2. The van der Waals surface area contributed by atoms with E-state index in [1.165, 1.54) is 0 Å². The Hall–Kier alpha value is -1.93. The molecule has 8 nitrogen and oxygen atoms in total. The lowest BCUT2D eigenvalue weighted by Gasteiger charge is -2.26. The predicted octanol–water partition coefficient (Wildman–Crippen LogP) is 0.810. The van der Waals surface area contributed by atoms with Crippen molar-refractivity contribution < 1.29 is 14.3 Å². The van der Waals surface area contributed by atoms with Gasteiger partial charge in [0.2, 0.25) is 0 Å². The number of nitrogens with zero attached hydrogens (tertiary/aromatic N) is 3. The third-order valence-corrected chi connectivity index (χ3v) is 4.84. The lowest BCUT2D eigenvalue weighted by atomic mass is 10.1. The van der Waals surface area contributed by atoms with E-state index in [1.54, 1.807) is 0 Å².